The maximum absolute atomic E-state index is 5.47. The summed E-state index contributed by atoms with van der Waals surface area (Å²) < 4.78 is 10.7. The van der Waals surface area contributed by atoms with Crippen LogP contribution in [-0.2, 0) is 12.8 Å². The first kappa shape index (κ1) is 18.3. The van der Waals surface area contributed by atoms with Crippen molar-refractivity contribution in [2.75, 3.05) is 20.8 Å². The van der Waals surface area contributed by atoms with Gasteiger partial charge in [0.2, 0.25) is 0 Å². The Labute approximate surface area is 146 Å². The monoisotopic (exact) mass is 327 g/mol. The van der Waals surface area contributed by atoms with Crippen LogP contribution in [0.25, 0.3) is 0 Å². The molecule has 2 aromatic carbocycles. The van der Waals surface area contributed by atoms with Crippen molar-refractivity contribution in [2.45, 2.75) is 38.6 Å². The summed E-state index contributed by atoms with van der Waals surface area (Å²) in [6, 6.07) is 17.2. The van der Waals surface area contributed by atoms with Gasteiger partial charge in [0.15, 0.2) is 0 Å². The van der Waals surface area contributed by atoms with Gasteiger partial charge >= 0.3 is 0 Å². The van der Waals surface area contributed by atoms with Crippen molar-refractivity contribution in [1.29, 1.82) is 0 Å². The quantitative estimate of drug-likeness (QED) is 0.662. The maximum Gasteiger partial charge on any atom is 0.125 e. The molecule has 2 rings (SSSR count). The number of hydrogen-bond donors (Lipinski definition) is 1. The second kappa shape index (κ2) is 9.99. The summed E-state index contributed by atoms with van der Waals surface area (Å²) in [6.45, 7) is 3.30. The van der Waals surface area contributed by atoms with Gasteiger partial charge in [0.1, 0.15) is 11.5 Å². The van der Waals surface area contributed by atoms with Crippen LogP contribution in [0.2, 0.25) is 0 Å². The molecule has 3 heteroatoms. The van der Waals surface area contributed by atoms with Crippen LogP contribution in [0.15, 0.2) is 48.5 Å². The molecule has 24 heavy (non-hydrogen) atoms. The van der Waals surface area contributed by atoms with Crippen LogP contribution in [0.3, 0.4) is 0 Å². The van der Waals surface area contributed by atoms with Gasteiger partial charge in [-0.3, -0.25) is 0 Å². The fourth-order valence-corrected chi connectivity index (χ4v) is 2.82. The Kier molecular flexibility index (Phi) is 7.63. The minimum absolute atomic E-state index is 0.493. The number of aryl methyl sites for hydroxylation is 2. The van der Waals surface area contributed by atoms with Crippen molar-refractivity contribution < 1.29 is 9.47 Å². The van der Waals surface area contributed by atoms with Gasteiger partial charge in [0, 0.05) is 12.1 Å². The maximum atomic E-state index is 5.47. The Morgan fingerprint density at radius 3 is 2.46 bits per heavy atom. The van der Waals surface area contributed by atoms with Crippen LogP contribution < -0.4 is 14.8 Å². The molecule has 1 N–H and O–H groups in total. The van der Waals surface area contributed by atoms with Crippen molar-refractivity contribution in [3.63, 3.8) is 0 Å². The van der Waals surface area contributed by atoms with E-state index in [9.17, 15) is 0 Å². The number of rotatable bonds is 10. The molecule has 0 fully saturated rings. The molecule has 0 amide bonds. The van der Waals surface area contributed by atoms with Crippen molar-refractivity contribution in [3.8, 4) is 11.5 Å². The van der Waals surface area contributed by atoms with Crippen LogP contribution in [-0.4, -0.2) is 26.8 Å². The molecule has 0 aliphatic rings. The molecule has 0 saturated carbocycles. The molecule has 0 spiro atoms. The minimum atomic E-state index is 0.493. The molecule has 0 radical (unpaired) electrons. The van der Waals surface area contributed by atoms with Gasteiger partial charge in [-0.1, -0.05) is 36.4 Å². The first-order valence-electron chi connectivity index (χ1n) is 8.71. The third-order valence-electron chi connectivity index (χ3n) is 4.32. The molecular weight excluding hydrogens is 298 g/mol. The Balaban J connectivity index is 1.70. The lowest BCUT2D eigenvalue weighted by Gasteiger charge is -2.15. The van der Waals surface area contributed by atoms with E-state index in [0.717, 1.165) is 37.3 Å². The topological polar surface area (TPSA) is 30.5 Å². The molecule has 0 bridgehead atoms. The van der Waals surface area contributed by atoms with Crippen LogP contribution in [0.5, 0.6) is 11.5 Å². The minimum Gasteiger partial charge on any atom is -0.497 e. The number of benzene rings is 2. The van der Waals surface area contributed by atoms with Gasteiger partial charge < -0.3 is 14.8 Å². The van der Waals surface area contributed by atoms with Crippen LogP contribution in [0.4, 0.5) is 0 Å². The zero-order valence-corrected chi connectivity index (χ0v) is 15.0. The summed E-state index contributed by atoms with van der Waals surface area (Å²) in [4.78, 5) is 0. The molecule has 0 heterocycles. The summed E-state index contributed by atoms with van der Waals surface area (Å²) in [5.74, 6) is 1.74. The number of nitrogens with one attached hydrogen (secondary N) is 1. The van der Waals surface area contributed by atoms with Crippen LogP contribution >= 0.6 is 0 Å². The average Bonchev–Trinajstić information content (AvgIpc) is 2.64. The first-order chi connectivity index (χ1) is 11.7. The number of ether oxygens (including phenoxy) is 2. The second-order valence-electron chi connectivity index (χ2n) is 6.16. The van der Waals surface area contributed by atoms with E-state index in [2.05, 4.69) is 48.6 Å². The largest absolute Gasteiger partial charge is 0.497 e. The summed E-state index contributed by atoms with van der Waals surface area (Å²) in [7, 11) is 3.39. The van der Waals surface area contributed by atoms with Gasteiger partial charge in [-0.2, -0.15) is 0 Å². The third kappa shape index (κ3) is 5.89. The fraction of sp³-hybridized carbons (Fsp3) is 0.429. The number of methoxy groups -OCH3 is 2. The molecular formula is C21H29NO2. The summed E-state index contributed by atoms with van der Waals surface area (Å²) >= 11 is 0. The van der Waals surface area contributed by atoms with E-state index < -0.39 is 0 Å². The molecule has 1 unspecified atom stereocenters. The third-order valence-corrected chi connectivity index (χ3v) is 4.32. The Morgan fingerprint density at radius 1 is 0.958 bits per heavy atom. The van der Waals surface area contributed by atoms with Crippen molar-refractivity contribution in [3.05, 3.63) is 59.7 Å². The standard InChI is InChI=1S/C21H29NO2/c1-17(22-15-7-10-18-8-5-4-6-9-18)11-12-19-13-14-20(23-2)16-21(19)24-3/h4-6,8-9,13-14,16-17,22H,7,10-12,15H2,1-3H3. The predicted molar refractivity (Wildman–Crippen MR) is 100 cm³/mol. The zero-order valence-electron chi connectivity index (χ0n) is 15.0. The van der Waals surface area contributed by atoms with E-state index in [1.807, 2.05) is 12.1 Å². The van der Waals surface area contributed by atoms with E-state index in [1.165, 1.54) is 17.5 Å². The molecule has 1 atom stereocenters. The van der Waals surface area contributed by atoms with E-state index in [1.54, 1.807) is 14.2 Å². The predicted octanol–water partition coefficient (Wildman–Crippen LogP) is 4.25. The molecule has 3 nitrogen and oxygen atoms in total. The van der Waals surface area contributed by atoms with Gasteiger partial charge in [-0.05, 0) is 56.3 Å². The van der Waals surface area contributed by atoms with Gasteiger partial charge in [-0.15, -0.1) is 0 Å². The van der Waals surface area contributed by atoms with Crippen molar-refractivity contribution in [2.24, 2.45) is 0 Å². The highest BCUT2D eigenvalue weighted by atomic mass is 16.5. The zero-order chi connectivity index (χ0) is 17.2. The Bertz CT molecular complexity index is 598. The molecule has 0 aliphatic carbocycles. The van der Waals surface area contributed by atoms with E-state index >= 15 is 0 Å². The Morgan fingerprint density at radius 2 is 1.75 bits per heavy atom. The van der Waals surface area contributed by atoms with Crippen LogP contribution in [0, 0.1) is 0 Å². The normalized spacial score (nSPS) is 12.0. The average molecular weight is 327 g/mol. The lowest BCUT2D eigenvalue weighted by atomic mass is 10.0. The van der Waals surface area contributed by atoms with Gasteiger partial charge in [0.05, 0.1) is 14.2 Å². The van der Waals surface area contributed by atoms with E-state index in [-0.39, 0.29) is 0 Å². The van der Waals surface area contributed by atoms with Gasteiger partial charge in [-0.25, -0.2) is 0 Å². The molecule has 0 saturated heterocycles. The summed E-state index contributed by atoms with van der Waals surface area (Å²) in [6.07, 6.45) is 4.39. The van der Waals surface area contributed by atoms with Crippen molar-refractivity contribution >= 4 is 0 Å². The molecule has 130 valence electrons. The fourth-order valence-electron chi connectivity index (χ4n) is 2.82. The van der Waals surface area contributed by atoms with Crippen molar-refractivity contribution in [1.82, 2.24) is 5.32 Å². The van der Waals surface area contributed by atoms with Crippen LogP contribution in [0.1, 0.15) is 30.9 Å². The lowest BCUT2D eigenvalue weighted by Crippen LogP contribution is -2.27. The highest BCUT2D eigenvalue weighted by molar-refractivity contribution is 5.40. The van der Waals surface area contributed by atoms with E-state index in [0.29, 0.717) is 6.04 Å². The second-order valence-corrected chi connectivity index (χ2v) is 6.16. The first-order valence-corrected chi connectivity index (χ1v) is 8.71. The smallest absolute Gasteiger partial charge is 0.125 e. The number of hydrogen-bond acceptors (Lipinski definition) is 3. The summed E-state index contributed by atoms with van der Waals surface area (Å²) in [5.41, 5.74) is 2.64. The lowest BCUT2D eigenvalue weighted by molar-refractivity contribution is 0.389. The molecule has 2 aromatic rings. The van der Waals surface area contributed by atoms with Gasteiger partial charge in [0.25, 0.3) is 0 Å². The van der Waals surface area contributed by atoms with E-state index in [4.69, 9.17) is 9.47 Å². The summed E-state index contributed by atoms with van der Waals surface area (Å²) in [5, 5.41) is 3.62. The molecule has 0 aromatic heterocycles. The molecule has 0 aliphatic heterocycles. The SMILES string of the molecule is COc1ccc(CCC(C)NCCCc2ccccc2)c(OC)c1. The Hall–Kier alpha value is -2.00. The highest BCUT2D eigenvalue weighted by Gasteiger charge is 2.07. The highest BCUT2D eigenvalue weighted by Crippen LogP contribution is 2.25.